The molecule has 14 aromatic rings. The first-order valence-electron chi connectivity index (χ1n) is 30.5. The maximum absolute atomic E-state index is 15.1. The van der Waals surface area contributed by atoms with Gasteiger partial charge in [0.25, 0.3) is 6.71 Å². The summed E-state index contributed by atoms with van der Waals surface area (Å²) in [5, 5.41) is 1.24. The van der Waals surface area contributed by atoms with Crippen molar-refractivity contribution in [3.05, 3.63) is 314 Å². The van der Waals surface area contributed by atoms with E-state index in [1.807, 2.05) is 91.0 Å². The zero-order chi connectivity index (χ0) is 64.2. The third-order valence-electron chi connectivity index (χ3n) is 18.3. The van der Waals surface area contributed by atoms with E-state index < -0.39 is 46.3 Å². The molecule has 3 heterocycles. The molecule has 0 saturated carbocycles. The van der Waals surface area contributed by atoms with Crippen LogP contribution in [-0.2, 0) is 18.5 Å². The van der Waals surface area contributed by atoms with Crippen molar-refractivity contribution in [1.29, 1.82) is 0 Å². The van der Waals surface area contributed by atoms with Crippen molar-refractivity contribution in [2.24, 2.45) is 0 Å². The lowest BCUT2D eigenvalue weighted by atomic mass is 9.33. The van der Waals surface area contributed by atoms with Gasteiger partial charge in [-0.25, -0.2) is 0 Å². The number of hydrogen-bond acceptors (Lipinski definition) is 2. The second-order valence-corrected chi connectivity index (χ2v) is 23.7. The second kappa shape index (κ2) is 22.2. The Morgan fingerprint density at radius 2 is 0.649 bits per heavy atom. The summed E-state index contributed by atoms with van der Waals surface area (Å²) in [6, 6.07) is 92.4. The van der Waals surface area contributed by atoms with Crippen LogP contribution in [0.2, 0.25) is 0 Å². The van der Waals surface area contributed by atoms with Gasteiger partial charge in [-0.3, -0.25) is 0 Å². The molecular formula is C81H49BF9N3. The molecule has 0 aliphatic carbocycles. The molecule has 16 rings (SSSR count). The Hall–Kier alpha value is -11.3. The molecule has 0 fully saturated rings. The normalized spacial score (nSPS) is 12.9. The Balaban J connectivity index is 0.961. The van der Waals surface area contributed by atoms with Gasteiger partial charge in [0, 0.05) is 50.5 Å². The van der Waals surface area contributed by atoms with Gasteiger partial charge in [-0.15, -0.1) is 0 Å². The van der Waals surface area contributed by atoms with Crippen LogP contribution in [0.1, 0.15) is 16.7 Å². The minimum absolute atomic E-state index is 0.0471. The SMILES string of the molecule is FC(F)(F)c1ccc(-n2c3ccccc3c3cc(-c4cc5c6c(c4)N(c4ccc(-c7ccccc7)cc4)c4ccc(-c7ccccc7)cc4B6c4cc(-c6ccccc6)ccc4N5c4ccc(-c5ccccc5)cc4)ccc32)c(-c2ccc(C(F)(F)F)cc2C(F)(F)F)c1. The molecule has 0 spiro atoms. The third kappa shape index (κ3) is 9.97. The average molecular weight is 1250 g/mol. The Bertz CT molecular complexity index is 5060. The Morgan fingerprint density at radius 1 is 0.255 bits per heavy atom. The smallest absolute Gasteiger partial charge is 0.311 e. The van der Waals surface area contributed by atoms with E-state index in [-0.39, 0.29) is 18.5 Å². The lowest BCUT2D eigenvalue weighted by Gasteiger charge is -2.44. The first-order chi connectivity index (χ1) is 45.5. The van der Waals surface area contributed by atoms with Gasteiger partial charge >= 0.3 is 18.5 Å². The number of nitrogens with zero attached hydrogens (tertiary/aromatic N) is 3. The number of benzene rings is 13. The maximum atomic E-state index is 15.1. The Kier molecular flexibility index (Phi) is 13.7. The van der Waals surface area contributed by atoms with Crippen LogP contribution in [0.3, 0.4) is 0 Å². The fourth-order valence-electron chi connectivity index (χ4n) is 13.9. The predicted octanol–water partition coefficient (Wildman–Crippen LogP) is 21.9. The van der Waals surface area contributed by atoms with Crippen LogP contribution in [0.15, 0.2) is 297 Å². The molecule has 454 valence electrons. The van der Waals surface area contributed by atoms with Gasteiger partial charge in [-0.2, -0.15) is 39.5 Å². The van der Waals surface area contributed by atoms with Gasteiger partial charge in [0.2, 0.25) is 0 Å². The lowest BCUT2D eigenvalue weighted by molar-refractivity contribution is -0.142. The van der Waals surface area contributed by atoms with E-state index >= 15 is 13.2 Å². The molecule has 0 amide bonds. The number of hydrogen-bond donors (Lipinski definition) is 0. The van der Waals surface area contributed by atoms with Crippen molar-refractivity contribution in [2.45, 2.75) is 18.5 Å². The molecule has 2 aliphatic rings. The van der Waals surface area contributed by atoms with Crippen molar-refractivity contribution < 1.29 is 39.5 Å². The summed E-state index contributed by atoms with van der Waals surface area (Å²) < 4.78 is 133. The van der Waals surface area contributed by atoms with Gasteiger partial charge in [0.1, 0.15) is 0 Å². The van der Waals surface area contributed by atoms with E-state index in [0.29, 0.717) is 40.0 Å². The van der Waals surface area contributed by atoms with Gasteiger partial charge in [-0.05, 0) is 175 Å². The molecule has 0 unspecified atom stereocenters. The summed E-state index contributed by atoms with van der Waals surface area (Å²) in [6.45, 7) is -0.322. The monoisotopic (exact) mass is 1250 g/mol. The maximum Gasteiger partial charge on any atom is 0.417 e. The quantitative estimate of drug-likeness (QED) is 0.105. The molecule has 94 heavy (non-hydrogen) atoms. The van der Waals surface area contributed by atoms with Gasteiger partial charge < -0.3 is 14.4 Å². The topological polar surface area (TPSA) is 11.4 Å². The van der Waals surface area contributed by atoms with E-state index in [1.165, 1.54) is 0 Å². The standard InChI is InChI=1S/C81H49BF9N3/c83-79(84,85)60-33-42-73(67(48-60)64-38-32-61(80(86,87)88)49-68(64)81(89,90)91)94-71-24-14-13-23-65(71)66-43-56(29-39-72(66)94)59-46-76-78-77(47-59)93(63-36-27-55(28-37-63)51-17-7-2-8-18-51)75-41-31-58(53-21-11-4-12-22-53)45-70(75)82(78)69-44-57(52-19-9-3-10-20-52)30-40-74(69)92(76)62-34-25-54(26-35-62)50-15-5-1-6-16-50/h1-49H. The van der Waals surface area contributed by atoms with Crippen LogP contribution >= 0.6 is 0 Å². The van der Waals surface area contributed by atoms with Crippen LogP contribution in [0.5, 0.6) is 0 Å². The van der Waals surface area contributed by atoms with Gasteiger partial charge in [0.15, 0.2) is 0 Å². The molecule has 1 aromatic heterocycles. The number of fused-ring (bicyclic) bond motifs is 7. The molecule has 3 nitrogen and oxygen atoms in total. The number of alkyl halides is 9. The summed E-state index contributed by atoms with van der Waals surface area (Å²) in [4.78, 5) is 4.68. The lowest BCUT2D eigenvalue weighted by Crippen LogP contribution is -2.61. The van der Waals surface area contributed by atoms with Crippen LogP contribution in [0, 0.1) is 0 Å². The summed E-state index contributed by atoms with van der Waals surface area (Å²) in [5.74, 6) is 0. The Labute approximate surface area is 535 Å². The Morgan fingerprint density at radius 3 is 1.14 bits per heavy atom. The molecule has 0 N–H and O–H groups in total. The first-order valence-corrected chi connectivity index (χ1v) is 30.5. The number of anilines is 6. The number of rotatable bonds is 9. The molecule has 13 heteroatoms. The third-order valence-corrected chi connectivity index (χ3v) is 18.3. The van der Waals surface area contributed by atoms with Gasteiger partial charge in [0.05, 0.1) is 33.4 Å². The van der Waals surface area contributed by atoms with Crippen LogP contribution in [0.4, 0.5) is 73.6 Å². The molecule has 0 atom stereocenters. The summed E-state index contributed by atoms with van der Waals surface area (Å²) in [5.41, 5.74) is 13.5. The van der Waals surface area contributed by atoms with Crippen molar-refractivity contribution in [2.75, 3.05) is 9.80 Å². The van der Waals surface area contributed by atoms with Crippen LogP contribution in [0.25, 0.3) is 94.3 Å². The number of halogens is 9. The minimum Gasteiger partial charge on any atom is -0.311 e. The zero-order valence-electron chi connectivity index (χ0n) is 49.6. The predicted molar refractivity (Wildman–Crippen MR) is 362 cm³/mol. The molecule has 0 bridgehead atoms. The van der Waals surface area contributed by atoms with E-state index in [1.54, 1.807) is 28.8 Å². The molecule has 13 aromatic carbocycles. The largest absolute Gasteiger partial charge is 0.417 e. The fourth-order valence-corrected chi connectivity index (χ4v) is 13.9. The molecule has 0 saturated heterocycles. The zero-order valence-corrected chi connectivity index (χ0v) is 49.6. The molecular weight excluding hydrogens is 1200 g/mol. The highest BCUT2D eigenvalue weighted by Gasteiger charge is 2.45. The first kappa shape index (κ1) is 57.8. The van der Waals surface area contributed by atoms with E-state index in [4.69, 9.17) is 0 Å². The van der Waals surface area contributed by atoms with E-state index in [9.17, 15) is 26.3 Å². The van der Waals surface area contributed by atoms with Crippen LogP contribution < -0.4 is 26.2 Å². The van der Waals surface area contributed by atoms with Crippen molar-refractivity contribution >= 4 is 79.0 Å². The van der Waals surface area contributed by atoms with E-state index in [0.717, 1.165) is 118 Å². The summed E-state index contributed by atoms with van der Waals surface area (Å²) >= 11 is 0. The van der Waals surface area contributed by atoms with Crippen molar-refractivity contribution in [3.63, 3.8) is 0 Å². The molecule has 2 aliphatic heterocycles. The van der Waals surface area contributed by atoms with Gasteiger partial charge in [-0.1, -0.05) is 200 Å². The van der Waals surface area contributed by atoms with E-state index in [2.05, 4.69) is 155 Å². The fraction of sp³-hybridized carbons (Fsp3) is 0.0370. The average Bonchev–Trinajstić information content (AvgIpc) is 0.858. The highest BCUT2D eigenvalue weighted by Crippen LogP contribution is 2.50. The number of aromatic nitrogens is 1. The summed E-state index contributed by atoms with van der Waals surface area (Å²) in [6.07, 6.45) is -15.6. The highest BCUT2D eigenvalue weighted by atomic mass is 19.4. The molecule has 0 radical (unpaired) electrons. The van der Waals surface area contributed by atoms with Crippen molar-refractivity contribution in [1.82, 2.24) is 4.57 Å². The number of para-hydroxylation sites is 1. The van der Waals surface area contributed by atoms with Crippen LogP contribution in [-0.4, -0.2) is 11.3 Å². The minimum atomic E-state index is -5.39. The van der Waals surface area contributed by atoms with Crippen molar-refractivity contribution in [3.8, 4) is 72.4 Å². The second-order valence-electron chi connectivity index (χ2n) is 23.7. The summed E-state index contributed by atoms with van der Waals surface area (Å²) in [7, 11) is 0. The highest BCUT2D eigenvalue weighted by molar-refractivity contribution is 7.00.